The monoisotopic (exact) mass is 153 g/mol. The lowest BCUT2D eigenvalue weighted by Crippen LogP contribution is -2.35. The molecule has 1 aliphatic heterocycles. The summed E-state index contributed by atoms with van der Waals surface area (Å²) in [6.07, 6.45) is 0.670. The highest BCUT2D eigenvalue weighted by atomic mass is 35.5. The average Bonchev–Trinajstić information content (AvgIpc) is 2.17. The molecule has 4 heteroatoms. The van der Waals surface area contributed by atoms with Crippen molar-refractivity contribution >= 4 is 12.4 Å². The fourth-order valence-electron chi connectivity index (χ4n) is 0.865. The van der Waals surface area contributed by atoms with Gasteiger partial charge in [0, 0.05) is 6.54 Å². The standard InChI is InChI=1S/C5H11NO2.ClH/c7-4-5(8)1-2-6-3-5;/h6-8H,1-4H2;1H. The lowest BCUT2D eigenvalue weighted by molar-refractivity contribution is 0.00330. The number of aliphatic hydroxyl groups is 2. The number of halogens is 1. The molecule has 1 rings (SSSR count). The number of hydrogen-bond acceptors (Lipinski definition) is 3. The molecule has 0 aromatic heterocycles. The zero-order chi connectivity index (χ0) is 6.04. The Labute approximate surface area is 60.5 Å². The largest absolute Gasteiger partial charge is 0.393 e. The van der Waals surface area contributed by atoms with Gasteiger partial charge < -0.3 is 15.5 Å². The topological polar surface area (TPSA) is 52.5 Å². The highest BCUT2D eigenvalue weighted by molar-refractivity contribution is 5.85. The summed E-state index contributed by atoms with van der Waals surface area (Å²) in [6.45, 7) is 1.22. The quantitative estimate of drug-likeness (QED) is 0.459. The lowest BCUT2D eigenvalue weighted by Gasteiger charge is -2.16. The van der Waals surface area contributed by atoms with Crippen LogP contribution in [0.2, 0.25) is 0 Å². The van der Waals surface area contributed by atoms with Gasteiger partial charge in [-0.3, -0.25) is 0 Å². The Hall–Kier alpha value is 0.170. The minimum Gasteiger partial charge on any atom is -0.393 e. The molecule has 0 amide bonds. The molecule has 3 N–H and O–H groups in total. The Kier molecular flexibility index (Phi) is 3.43. The van der Waals surface area contributed by atoms with Crippen molar-refractivity contribution in [3.05, 3.63) is 0 Å². The number of hydrogen-bond donors (Lipinski definition) is 3. The summed E-state index contributed by atoms with van der Waals surface area (Å²) in [6, 6.07) is 0. The van der Waals surface area contributed by atoms with Crippen molar-refractivity contribution in [1.82, 2.24) is 5.32 Å². The Bertz CT molecular complexity index is 83.0. The Morgan fingerprint density at radius 1 is 1.56 bits per heavy atom. The van der Waals surface area contributed by atoms with Crippen LogP contribution in [0.3, 0.4) is 0 Å². The van der Waals surface area contributed by atoms with Crippen molar-refractivity contribution in [3.63, 3.8) is 0 Å². The third-order valence-corrected chi connectivity index (χ3v) is 1.52. The second-order valence-electron chi connectivity index (χ2n) is 2.31. The van der Waals surface area contributed by atoms with E-state index in [1.165, 1.54) is 0 Å². The minimum absolute atomic E-state index is 0. The number of aliphatic hydroxyl groups excluding tert-OH is 1. The molecule has 1 fully saturated rings. The van der Waals surface area contributed by atoms with Crippen LogP contribution in [-0.2, 0) is 0 Å². The smallest absolute Gasteiger partial charge is 0.101 e. The molecular formula is C5H12ClNO2. The van der Waals surface area contributed by atoms with Gasteiger partial charge in [-0.15, -0.1) is 12.4 Å². The molecular weight excluding hydrogens is 142 g/mol. The van der Waals surface area contributed by atoms with Gasteiger partial charge in [-0.2, -0.15) is 0 Å². The number of nitrogens with one attached hydrogen (secondary N) is 1. The van der Waals surface area contributed by atoms with Crippen LogP contribution in [0, 0.1) is 0 Å². The highest BCUT2D eigenvalue weighted by Crippen LogP contribution is 2.11. The molecule has 1 aliphatic rings. The fraction of sp³-hybridized carbons (Fsp3) is 1.00. The molecule has 0 aromatic rings. The first kappa shape index (κ1) is 9.17. The van der Waals surface area contributed by atoms with Gasteiger partial charge in [0.25, 0.3) is 0 Å². The van der Waals surface area contributed by atoms with Crippen LogP contribution < -0.4 is 5.32 Å². The maximum absolute atomic E-state index is 9.19. The molecule has 1 unspecified atom stereocenters. The van der Waals surface area contributed by atoms with E-state index in [0.29, 0.717) is 13.0 Å². The van der Waals surface area contributed by atoms with Crippen molar-refractivity contribution in [2.75, 3.05) is 19.7 Å². The lowest BCUT2D eigenvalue weighted by atomic mass is 10.1. The van der Waals surface area contributed by atoms with E-state index in [1.807, 2.05) is 0 Å². The van der Waals surface area contributed by atoms with E-state index in [4.69, 9.17) is 5.11 Å². The van der Waals surface area contributed by atoms with Crippen LogP contribution >= 0.6 is 12.4 Å². The second kappa shape index (κ2) is 3.37. The third kappa shape index (κ3) is 2.10. The summed E-state index contributed by atoms with van der Waals surface area (Å²) in [5.74, 6) is 0. The van der Waals surface area contributed by atoms with E-state index in [9.17, 15) is 5.11 Å². The molecule has 56 valence electrons. The van der Waals surface area contributed by atoms with Crippen molar-refractivity contribution in [3.8, 4) is 0 Å². The SMILES string of the molecule is Cl.OCC1(O)CCNC1. The van der Waals surface area contributed by atoms with E-state index in [-0.39, 0.29) is 19.0 Å². The minimum atomic E-state index is -0.819. The van der Waals surface area contributed by atoms with Crippen LogP contribution in [0.15, 0.2) is 0 Å². The molecule has 9 heavy (non-hydrogen) atoms. The van der Waals surface area contributed by atoms with Crippen molar-refractivity contribution in [2.45, 2.75) is 12.0 Å². The van der Waals surface area contributed by atoms with Gasteiger partial charge in [0.05, 0.1) is 6.61 Å². The van der Waals surface area contributed by atoms with Gasteiger partial charge in [-0.25, -0.2) is 0 Å². The molecule has 1 atom stereocenters. The van der Waals surface area contributed by atoms with E-state index in [2.05, 4.69) is 5.32 Å². The second-order valence-corrected chi connectivity index (χ2v) is 2.31. The molecule has 0 aromatic carbocycles. The van der Waals surface area contributed by atoms with Gasteiger partial charge in [-0.1, -0.05) is 0 Å². The predicted octanol–water partition coefficient (Wildman–Crippen LogP) is -0.875. The van der Waals surface area contributed by atoms with Crippen molar-refractivity contribution in [1.29, 1.82) is 0 Å². The maximum atomic E-state index is 9.19. The maximum Gasteiger partial charge on any atom is 0.101 e. The van der Waals surface area contributed by atoms with Crippen molar-refractivity contribution in [2.24, 2.45) is 0 Å². The number of rotatable bonds is 1. The summed E-state index contributed by atoms with van der Waals surface area (Å²) in [5.41, 5.74) is -0.819. The molecule has 1 saturated heterocycles. The first-order valence-electron chi connectivity index (χ1n) is 2.81. The summed E-state index contributed by atoms with van der Waals surface area (Å²) in [7, 11) is 0. The van der Waals surface area contributed by atoms with Gasteiger partial charge in [0.2, 0.25) is 0 Å². The van der Waals surface area contributed by atoms with Gasteiger partial charge in [-0.05, 0) is 13.0 Å². The van der Waals surface area contributed by atoms with Gasteiger partial charge in [0.1, 0.15) is 5.60 Å². The van der Waals surface area contributed by atoms with Gasteiger partial charge >= 0.3 is 0 Å². The Morgan fingerprint density at radius 3 is 2.44 bits per heavy atom. The summed E-state index contributed by atoms with van der Waals surface area (Å²) >= 11 is 0. The predicted molar refractivity (Wildman–Crippen MR) is 36.8 cm³/mol. The van der Waals surface area contributed by atoms with Crippen LogP contribution in [0.5, 0.6) is 0 Å². The third-order valence-electron chi connectivity index (χ3n) is 1.52. The first-order valence-corrected chi connectivity index (χ1v) is 2.81. The van der Waals surface area contributed by atoms with Crippen LogP contribution in [0.1, 0.15) is 6.42 Å². The fourth-order valence-corrected chi connectivity index (χ4v) is 0.865. The summed E-state index contributed by atoms with van der Waals surface area (Å²) in [5, 5.41) is 20.7. The van der Waals surface area contributed by atoms with Crippen LogP contribution in [0.4, 0.5) is 0 Å². The Morgan fingerprint density at radius 2 is 2.22 bits per heavy atom. The van der Waals surface area contributed by atoms with E-state index in [1.54, 1.807) is 0 Å². The zero-order valence-corrected chi connectivity index (χ0v) is 5.95. The van der Waals surface area contributed by atoms with E-state index in [0.717, 1.165) is 6.54 Å². The summed E-state index contributed by atoms with van der Waals surface area (Å²) < 4.78 is 0. The van der Waals surface area contributed by atoms with Crippen LogP contribution in [-0.4, -0.2) is 35.5 Å². The molecule has 0 bridgehead atoms. The zero-order valence-electron chi connectivity index (χ0n) is 5.13. The normalized spacial score (nSPS) is 34.0. The highest BCUT2D eigenvalue weighted by Gasteiger charge is 2.29. The average molecular weight is 154 g/mol. The molecule has 0 saturated carbocycles. The molecule has 0 radical (unpaired) electrons. The molecule has 0 spiro atoms. The Balaban J connectivity index is 0.000000640. The number of β-amino-alcohol motifs (C(OH)–C–C–N with tert-alkyl or cyclic N) is 1. The first-order chi connectivity index (χ1) is 3.77. The molecule has 1 heterocycles. The molecule has 0 aliphatic carbocycles. The van der Waals surface area contributed by atoms with Crippen LogP contribution in [0.25, 0.3) is 0 Å². The summed E-state index contributed by atoms with van der Waals surface area (Å²) in [4.78, 5) is 0. The van der Waals surface area contributed by atoms with E-state index < -0.39 is 5.60 Å². The molecule has 3 nitrogen and oxygen atoms in total. The van der Waals surface area contributed by atoms with Crippen molar-refractivity contribution < 1.29 is 10.2 Å². The van der Waals surface area contributed by atoms with E-state index >= 15 is 0 Å². The van der Waals surface area contributed by atoms with Gasteiger partial charge in [0.15, 0.2) is 0 Å².